The number of nitrogens with zero attached hydrogens (tertiary/aromatic N) is 1. The Balaban J connectivity index is 1.72. The molecule has 0 spiro atoms. The summed E-state index contributed by atoms with van der Waals surface area (Å²) in [5, 5.41) is 9.81. The summed E-state index contributed by atoms with van der Waals surface area (Å²) in [6.45, 7) is 1.91. The highest BCUT2D eigenvalue weighted by Crippen LogP contribution is 2.42. The fourth-order valence-corrected chi connectivity index (χ4v) is 3.18. The molecule has 106 valence electrons. The number of aromatic nitrogens is 2. The van der Waals surface area contributed by atoms with Gasteiger partial charge in [0.25, 0.3) is 5.91 Å². The van der Waals surface area contributed by atoms with Crippen molar-refractivity contribution in [3.05, 3.63) is 32.7 Å². The third kappa shape index (κ3) is 2.53. The summed E-state index contributed by atoms with van der Waals surface area (Å²) < 4.78 is 0.705. The number of nitrogen functional groups attached to an aromatic ring is 1. The Morgan fingerprint density at radius 2 is 2.35 bits per heavy atom. The van der Waals surface area contributed by atoms with E-state index in [0.717, 1.165) is 23.4 Å². The molecule has 1 saturated carbocycles. The van der Waals surface area contributed by atoms with Gasteiger partial charge in [0.1, 0.15) is 0 Å². The number of amides is 1. The Kier molecular flexibility index (Phi) is 3.43. The van der Waals surface area contributed by atoms with Gasteiger partial charge in [-0.05, 0) is 31.9 Å². The Morgan fingerprint density at radius 1 is 1.60 bits per heavy atom. The summed E-state index contributed by atoms with van der Waals surface area (Å²) in [6, 6.07) is 3.60. The van der Waals surface area contributed by atoms with Crippen molar-refractivity contribution in [1.82, 2.24) is 15.5 Å². The lowest BCUT2D eigenvalue weighted by molar-refractivity contribution is 0.0936. The van der Waals surface area contributed by atoms with Crippen molar-refractivity contribution in [1.29, 1.82) is 0 Å². The SMILES string of the molecule is CC(NC(=O)c1n[nH]c(C2CC2)c1N)c1ccc(Cl)s1. The lowest BCUT2D eigenvalue weighted by Gasteiger charge is -2.11. The second-order valence-corrected chi connectivity index (χ2v) is 6.76. The van der Waals surface area contributed by atoms with Crippen LogP contribution in [0, 0.1) is 0 Å². The smallest absolute Gasteiger partial charge is 0.274 e. The van der Waals surface area contributed by atoms with Gasteiger partial charge in [-0.3, -0.25) is 9.89 Å². The summed E-state index contributed by atoms with van der Waals surface area (Å²) in [6.07, 6.45) is 2.22. The molecule has 4 N–H and O–H groups in total. The van der Waals surface area contributed by atoms with Gasteiger partial charge >= 0.3 is 0 Å². The molecule has 1 fully saturated rings. The summed E-state index contributed by atoms with van der Waals surface area (Å²) in [5.41, 5.74) is 7.63. The molecular weight excluding hydrogens is 296 g/mol. The second kappa shape index (κ2) is 5.10. The van der Waals surface area contributed by atoms with Crippen molar-refractivity contribution in [3.8, 4) is 0 Å². The largest absolute Gasteiger partial charge is 0.395 e. The van der Waals surface area contributed by atoms with Crippen LogP contribution in [0.4, 0.5) is 5.69 Å². The maximum absolute atomic E-state index is 12.2. The molecule has 20 heavy (non-hydrogen) atoms. The molecule has 2 aromatic heterocycles. The first-order valence-corrected chi connectivity index (χ1v) is 7.65. The van der Waals surface area contributed by atoms with Crippen LogP contribution in [-0.4, -0.2) is 16.1 Å². The van der Waals surface area contributed by atoms with Crippen LogP contribution in [0.25, 0.3) is 0 Å². The van der Waals surface area contributed by atoms with Gasteiger partial charge in [0.2, 0.25) is 0 Å². The Bertz CT molecular complexity index is 647. The van der Waals surface area contributed by atoms with Crippen LogP contribution in [-0.2, 0) is 0 Å². The van der Waals surface area contributed by atoms with Crippen LogP contribution >= 0.6 is 22.9 Å². The summed E-state index contributed by atoms with van der Waals surface area (Å²) in [4.78, 5) is 13.2. The maximum Gasteiger partial charge on any atom is 0.274 e. The first-order valence-electron chi connectivity index (χ1n) is 6.46. The van der Waals surface area contributed by atoms with Crippen molar-refractivity contribution in [2.75, 3.05) is 5.73 Å². The third-order valence-corrected chi connectivity index (χ3v) is 4.82. The van der Waals surface area contributed by atoms with Crippen molar-refractivity contribution in [2.45, 2.75) is 31.7 Å². The fraction of sp³-hybridized carbons (Fsp3) is 0.385. The van der Waals surface area contributed by atoms with Crippen molar-refractivity contribution in [3.63, 3.8) is 0 Å². The van der Waals surface area contributed by atoms with Crippen LogP contribution in [0.15, 0.2) is 12.1 Å². The molecule has 5 nitrogen and oxygen atoms in total. The quantitative estimate of drug-likeness (QED) is 0.811. The van der Waals surface area contributed by atoms with Gasteiger partial charge in [0.05, 0.1) is 21.8 Å². The van der Waals surface area contributed by atoms with E-state index in [1.165, 1.54) is 11.3 Å². The van der Waals surface area contributed by atoms with Crippen LogP contribution in [0.5, 0.6) is 0 Å². The van der Waals surface area contributed by atoms with E-state index in [2.05, 4.69) is 15.5 Å². The third-order valence-electron chi connectivity index (χ3n) is 3.40. The van der Waals surface area contributed by atoms with Crippen LogP contribution < -0.4 is 11.1 Å². The van der Waals surface area contributed by atoms with Crippen LogP contribution in [0.1, 0.15) is 52.8 Å². The monoisotopic (exact) mass is 310 g/mol. The first-order chi connectivity index (χ1) is 9.56. The molecule has 1 aliphatic carbocycles. The van der Waals surface area contributed by atoms with Crippen molar-refractivity contribution in [2.24, 2.45) is 0 Å². The average molecular weight is 311 g/mol. The number of hydrogen-bond acceptors (Lipinski definition) is 4. The van der Waals surface area contributed by atoms with E-state index in [4.69, 9.17) is 17.3 Å². The number of carbonyl (C=O) groups is 1. The summed E-state index contributed by atoms with van der Waals surface area (Å²) in [7, 11) is 0. The highest BCUT2D eigenvalue weighted by molar-refractivity contribution is 7.16. The Hall–Kier alpha value is -1.53. The molecule has 0 aromatic carbocycles. The molecule has 7 heteroatoms. The number of carbonyl (C=O) groups excluding carboxylic acids is 1. The number of halogens is 1. The number of aromatic amines is 1. The molecule has 2 aromatic rings. The first kappa shape index (κ1) is 13.5. The topological polar surface area (TPSA) is 83.8 Å². The number of rotatable bonds is 4. The lowest BCUT2D eigenvalue weighted by atomic mass is 10.2. The number of anilines is 1. The molecule has 1 amide bonds. The molecule has 0 saturated heterocycles. The van der Waals surface area contributed by atoms with Crippen molar-refractivity contribution >= 4 is 34.5 Å². The maximum atomic E-state index is 12.2. The minimum Gasteiger partial charge on any atom is -0.395 e. The zero-order valence-electron chi connectivity index (χ0n) is 10.9. The van der Waals surface area contributed by atoms with Gasteiger partial charge in [0.15, 0.2) is 5.69 Å². The molecule has 2 heterocycles. The van der Waals surface area contributed by atoms with Gasteiger partial charge < -0.3 is 11.1 Å². The van der Waals surface area contributed by atoms with Gasteiger partial charge in [-0.15, -0.1) is 11.3 Å². The highest BCUT2D eigenvalue weighted by atomic mass is 35.5. The normalized spacial score (nSPS) is 16.1. The van der Waals surface area contributed by atoms with Crippen molar-refractivity contribution < 1.29 is 4.79 Å². The second-order valence-electron chi connectivity index (χ2n) is 5.01. The van der Waals surface area contributed by atoms with Crippen LogP contribution in [0.3, 0.4) is 0 Å². The zero-order valence-corrected chi connectivity index (χ0v) is 12.5. The van der Waals surface area contributed by atoms with Crippen LogP contribution in [0.2, 0.25) is 4.34 Å². The molecule has 1 atom stereocenters. The minimum absolute atomic E-state index is 0.125. The number of nitrogens with two attached hydrogens (primary N) is 1. The molecule has 1 unspecified atom stereocenters. The summed E-state index contributed by atoms with van der Waals surface area (Å²) in [5.74, 6) is 0.181. The molecule has 1 aliphatic rings. The van der Waals surface area contributed by atoms with E-state index in [0.29, 0.717) is 15.9 Å². The van der Waals surface area contributed by atoms with E-state index in [1.807, 2.05) is 19.1 Å². The number of thiophene rings is 1. The number of nitrogens with one attached hydrogen (secondary N) is 2. The Morgan fingerprint density at radius 3 is 2.95 bits per heavy atom. The number of hydrogen-bond donors (Lipinski definition) is 3. The van der Waals surface area contributed by atoms with Gasteiger partial charge in [-0.1, -0.05) is 11.6 Å². The minimum atomic E-state index is -0.261. The summed E-state index contributed by atoms with van der Waals surface area (Å²) >= 11 is 7.35. The van der Waals surface area contributed by atoms with Gasteiger partial charge in [0, 0.05) is 10.8 Å². The zero-order chi connectivity index (χ0) is 14.3. The van der Waals surface area contributed by atoms with E-state index < -0.39 is 0 Å². The molecule has 0 radical (unpaired) electrons. The molecule has 0 bridgehead atoms. The highest BCUT2D eigenvalue weighted by Gasteiger charge is 2.30. The molecular formula is C13H15ClN4OS. The van der Waals surface area contributed by atoms with E-state index in [9.17, 15) is 4.79 Å². The predicted molar refractivity (Wildman–Crippen MR) is 80.2 cm³/mol. The number of H-pyrrole nitrogens is 1. The fourth-order valence-electron chi connectivity index (χ4n) is 2.12. The van der Waals surface area contributed by atoms with Gasteiger partial charge in [-0.2, -0.15) is 5.10 Å². The Labute approximate surface area is 125 Å². The predicted octanol–water partition coefficient (Wildman–Crippen LogP) is 3.08. The van der Waals surface area contributed by atoms with E-state index in [-0.39, 0.29) is 17.6 Å². The average Bonchev–Trinajstić information content (AvgIpc) is 3.03. The van der Waals surface area contributed by atoms with E-state index in [1.54, 1.807) is 0 Å². The standard InChI is InChI=1S/C13H15ClN4OS/c1-6(8-4-5-9(14)20-8)16-13(19)12-10(15)11(17-18-12)7-2-3-7/h4-7H,2-3,15H2,1H3,(H,16,19)(H,17,18). The molecule has 0 aliphatic heterocycles. The van der Waals surface area contributed by atoms with Gasteiger partial charge in [-0.25, -0.2) is 0 Å². The lowest BCUT2D eigenvalue weighted by Crippen LogP contribution is -2.27. The van der Waals surface area contributed by atoms with E-state index >= 15 is 0 Å². The molecule has 3 rings (SSSR count).